The molecule has 2 aromatic heterocycles. The lowest BCUT2D eigenvalue weighted by molar-refractivity contribution is -0.154. The molecule has 8 nitrogen and oxygen atoms in total. The van der Waals surface area contributed by atoms with Gasteiger partial charge >= 0.3 is 5.97 Å². The van der Waals surface area contributed by atoms with Gasteiger partial charge in [-0.05, 0) is 41.0 Å². The minimum atomic E-state index is -0.752. The number of amides is 2. The molecule has 3 aromatic carbocycles. The highest BCUT2D eigenvalue weighted by Crippen LogP contribution is 2.46. The molecule has 1 saturated heterocycles. The quantitative estimate of drug-likeness (QED) is 0.156. The number of benzene rings is 3. The van der Waals surface area contributed by atoms with E-state index >= 15 is 0 Å². The van der Waals surface area contributed by atoms with Crippen LogP contribution in [-0.2, 0) is 25.5 Å². The molecule has 2 aliphatic rings. The lowest BCUT2D eigenvalue weighted by Crippen LogP contribution is -2.70. The van der Waals surface area contributed by atoms with Gasteiger partial charge in [-0.2, -0.15) is 0 Å². The molecule has 1 N–H and O–H groups in total. The van der Waals surface area contributed by atoms with Crippen molar-refractivity contribution in [3.8, 4) is 0 Å². The zero-order valence-electron chi connectivity index (χ0n) is 24.5. The SMILES string of the molecule is O=C(Cc1ccccc1)NC1C(=O)N2C(C(=O)OC(c3ccccc3)c3ccccc3)=C(Sc3ccc4cccnc4n3)CS[C@H]12. The largest absolute Gasteiger partial charge is 0.448 e. The van der Waals surface area contributed by atoms with E-state index in [1.165, 1.54) is 28.4 Å². The number of aromatic nitrogens is 2. The third kappa shape index (κ3) is 6.14. The number of carbonyl (C=O) groups is 3. The molecule has 1 unspecified atom stereocenters. The molecule has 7 rings (SSSR count). The molecule has 2 atom stereocenters. The van der Waals surface area contributed by atoms with Gasteiger partial charge < -0.3 is 10.1 Å². The second-order valence-corrected chi connectivity index (χ2v) is 13.0. The van der Waals surface area contributed by atoms with E-state index in [1.807, 2.05) is 115 Å². The standard InChI is InChI=1S/C36H28N4O4S2/c41-28(21-23-11-4-1-5-12-23)38-30-34(42)40-31(36(43)44-32(24-13-6-2-7-14-24)25-15-8-3-9-16-25)27(22-45-35(30)40)46-29-19-18-26-17-10-20-37-33(26)39-29/h1-20,30,32,35H,21-22H2,(H,38,41)/t30?,35-/m1/s1. The van der Waals surface area contributed by atoms with E-state index in [-0.39, 0.29) is 23.9 Å². The van der Waals surface area contributed by atoms with Gasteiger partial charge in [-0.25, -0.2) is 14.8 Å². The molecule has 4 heterocycles. The normalized spacial score (nSPS) is 17.4. The molecule has 228 valence electrons. The van der Waals surface area contributed by atoms with Crippen LogP contribution in [0.25, 0.3) is 11.0 Å². The minimum Gasteiger partial charge on any atom is -0.448 e. The van der Waals surface area contributed by atoms with Gasteiger partial charge in [0.25, 0.3) is 5.91 Å². The highest BCUT2D eigenvalue weighted by molar-refractivity contribution is 8.06. The summed E-state index contributed by atoms with van der Waals surface area (Å²) in [6.07, 6.45) is 1.15. The first-order valence-corrected chi connectivity index (χ1v) is 16.6. The van der Waals surface area contributed by atoms with Crippen molar-refractivity contribution < 1.29 is 19.1 Å². The van der Waals surface area contributed by atoms with E-state index in [1.54, 1.807) is 6.20 Å². The lowest BCUT2D eigenvalue weighted by Gasteiger charge is -2.49. The van der Waals surface area contributed by atoms with Gasteiger partial charge in [-0.3, -0.25) is 14.5 Å². The molecule has 5 aromatic rings. The molecule has 0 spiro atoms. The summed E-state index contributed by atoms with van der Waals surface area (Å²) in [5.41, 5.74) is 3.23. The summed E-state index contributed by atoms with van der Waals surface area (Å²) < 4.78 is 6.26. The summed E-state index contributed by atoms with van der Waals surface area (Å²) in [5.74, 6) is -0.795. The van der Waals surface area contributed by atoms with Crippen LogP contribution in [0.5, 0.6) is 0 Å². The third-order valence-corrected chi connectivity index (χ3v) is 10.2. The van der Waals surface area contributed by atoms with Crippen LogP contribution >= 0.6 is 23.5 Å². The fourth-order valence-corrected chi connectivity index (χ4v) is 7.96. The highest BCUT2D eigenvalue weighted by Gasteiger charge is 2.54. The molecule has 0 bridgehead atoms. The average molecular weight is 645 g/mol. The van der Waals surface area contributed by atoms with Crippen molar-refractivity contribution in [3.63, 3.8) is 0 Å². The monoisotopic (exact) mass is 644 g/mol. The Morgan fingerprint density at radius 1 is 0.891 bits per heavy atom. The van der Waals surface area contributed by atoms with Crippen molar-refractivity contribution in [2.45, 2.75) is 29.0 Å². The summed E-state index contributed by atoms with van der Waals surface area (Å²) in [6.45, 7) is 0. The molecule has 1 fully saturated rings. The Bertz CT molecular complexity index is 1900. The van der Waals surface area contributed by atoms with Crippen LogP contribution in [0.2, 0.25) is 0 Å². The van der Waals surface area contributed by atoms with Crippen molar-refractivity contribution >= 4 is 52.3 Å². The maximum Gasteiger partial charge on any atom is 0.356 e. The Morgan fingerprint density at radius 3 is 2.26 bits per heavy atom. The molecule has 0 aliphatic carbocycles. The van der Waals surface area contributed by atoms with Gasteiger partial charge in [0.2, 0.25) is 5.91 Å². The van der Waals surface area contributed by atoms with Crippen molar-refractivity contribution in [2.24, 2.45) is 0 Å². The van der Waals surface area contributed by atoms with Gasteiger partial charge in [0.05, 0.1) is 6.42 Å². The predicted octanol–water partition coefficient (Wildman–Crippen LogP) is 5.91. The van der Waals surface area contributed by atoms with Crippen molar-refractivity contribution in [3.05, 3.63) is 149 Å². The minimum absolute atomic E-state index is 0.158. The van der Waals surface area contributed by atoms with Crippen LogP contribution in [0.4, 0.5) is 0 Å². The number of rotatable bonds is 9. The number of fused-ring (bicyclic) bond motifs is 2. The summed E-state index contributed by atoms with van der Waals surface area (Å²) in [7, 11) is 0. The van der Waals surface area contributed by atoms with Crippen LogP contribution in [0.1, 0.15) is 22.8 Å². The maximum absolute atomic E-state index is 14.3. The summed E-state index contributed by atoms with van der Waals surface area (Å²) in [6, 6.07) is 35.3. The number of ether oxygens (including phenoxy) is 1. The highest BCUT2D eigenvalue weighted by atomic mass is 32.2. The third-order valence-electron chi connectivity index (χ3n) is 7.75. The molecule has 10 heteroatoms. The average Bonchev–Trinajstić information content (AvgIpc) is 3.10. The number of nitrogens with one attached hydrogen (secondary N) is 1. The topological polar surface area (TPSA) is 101 Å². The molecule has 0 saturated carbocycles. The zero-order chi connectivity index (χ0) is 31.5. The van der Waals surface area contributed by atoms with E-state index in [0.29, 0.717) is 21.3 Å². The van der Waals surface area contributed by atoms with E-state index in [4.69, 9.17) is 9.72 Å². The van der Waals surface area contributed by atoms with E-state index in [0.717, 1.165) is 22.1 Å². The first-order valence-electron chi connectivity index (χ1n) is 14.8. The maximum atomic E-state index is 14.3. The predicted molar refractivity (Wildman–Crippen MR) is 178 cm³/mol. The fraction of sp³-hybridized carbons (Fsp3) is 0.139. The summed E-state index contributed by atoms with van der Waals surface area (Å²) in [5, 5.41) is 4.00. The van der Waals surface area contributed by atoms with Crippen molar-refractivity contribution in [1.82, 2.24) is 20.2 Å². The van der Waals surface area contributed by atoms with E-state index < -0.39 is 23.5 Å². The van der Waals surface area contributed by atoms with Gasteiger partial charge in [-0.1, -0.05) is 103 Å². The second-order valence-electron chi connectivity index (χ2n) is 10.8. The summed E-state index contributed by atoms with van der Waals surface area (Å²) >= 11 is 2.82. The smallest absolute Gasteiger partial charge is 0.356 e. The second kappa shape index (κ2) is 13.2. The first-order chi connectivity index (χ1) is 22.5. The number of pyridine rings is 2. The van der Waals surface area contributed by atoms with Crippen molar-refractivity contribution in [2.75, 3.05) is 5.75 Å². The molecule has 2 aliphatic heterocycles. The van der Waals surface area contributed by atoms with Gasteiger partial charge in [0.1, 0.15) is 22.1 Å². The molecule has 0 radical (unpaired) electrons. The first kappa shape index (κ1) is 29.8. The number of thioether (sulfide) groups is 2. The Morgan fingerprint density at radius 2 is 1.57 bits per heavy atom. The van der Waals surface area contributed by atoms with E-state index in [2.05, 4.69) is 10.3 Å². The van der Waals surface area contributed by atoms with Crippen LogP contribution < -0.4 is 5.32 Å². The molecular weight excluding hydrogens is 617 g/mol. The van der Waals surface area contributed by atoms with Gasteiger partial charge in [-0.15, -0.1) is 11.8 Å². The lowest BCUT2D eigenvalue weighted by atomic mass is 10.0. The summed E-state index contributed by atoms with van der Waals surface area (Å²) in [4.78, 5) is 52.1. The van der Waals surface area contributed by atoms with Gasteiger partial charge in [0, 0.05) is 22.2 Å². The number of esters is 1. The van der Waals surface area contributed by atoms with Crippen molar-refractivity contribution in [1.29, 1.82) is 0 Å². The van der Waals surface area contributed by atoms with Crippen LogP contribution in [0.15, 0.2) is 137 Å². The van der Waals surface area contributed by atoms with Crippen LogP contribution in [0.3, 0.4) is 0 Å². The van der Waals surface area contributed by atoms with Gasteiger partial charge in [0.15, 0.2) is 11.8 Å². The number of hydrogen-bond acceptors (Lipinski definition) is 8. The number of nitrogens with zero attached hydrogens (tertiary/aromatic N) is 3. The van der Waals surface area contributed by atoms with E-state index in [9.17, 15) is 14.4 Å². The Hall–Kier alpha value is -4.93. The Kier molecular flexibility index (Phi) is 8.54. The molecule has 46 heavy (non-hydrogen) atoms. The Balaban J connectivity index is 1.20. The van der Waals surface area contributed by atoms with Crippen LogP contribution in [-0.4, -0.2) is 49.8 Å². The zero-order valence-corrected chi connectivity index (χ0v) is 26.1. The number of hydrogen-bond donors (Lipinski definition) is 1. The number of carbonyl (C=O) groups excluding carboxylic acids is 3. The molecule has 2 amide bonds. The molecular formula is C36H28N4O4S2. The van der Waals surface area contributed by atoms with Crippen LogP contribution in [0, 0.1) is 0 Å². The fourth-order valence-electron chi connectivity index (χ4n) is 5.53. The number of β-lactam (4-membered cyclic amide) rings is 1. The Labute approximate surface area is 274 Å².